The summed E-state index contributed by atoms with van der Waals surface area (Å²) in [5.41, 5.74) is 7.08. The first kappa shape index (κ1) is 12.3. The Bertz CT molecular complexity index is 559. The van der Waals surface area contributed by atoms with Crippen LogP contribution in [0.25, 0.3) is 0 Å². The van der Waals surface area contributed by atoms with Gasteiger partial charge in [-0.15, -0.1) is 0 Å². The van der Waals surface area contributed by atoms with Crippen LogP contribution in [-0.2, 0) is 6.54 Å². The lowest BCUT2D eigenvalue weighted by Gasteiger charge is -2.07. The minimum atomic E-state index is -0.541. The minimum absolute atomic E-state index is 0.307. The van der Waals surface area contributed by atoms with Crippen molar-refractivity contribution in [2.45, 2.75) is 6.54 Å². The van der Waals surface area contributed by atoms with Crippen LogP contribution in [0.3, 0.4) is 0 Å². The molecule has 18 heavy (non-hydrogen) atoms. The lowest BCUT2D eigenvalue weighted by molar-refractivity contribution is 0.100. The molecule has 2 rings (SSSR count). The average molecular weight is 263 g/mol. The van der Waals surface area contributed by atoms with Gasteiger partial charge >= 0.3 is 0 Å². The van der Waals surface area contributed by atoms with E-state index in [2.05, 4.69) is 15.3 Å². The number of nitrogens with two attached hydrogens (primary N) is 1. The van der Waals surface area contributed by atoms with Crippen molar-refractivity contribution in [1.29, 1.82) is 0 Å². The van der Waals surface area contributed by atoms with Crippen LogP contribution in [0.4, 0.5) is 5.69 Å². The molecule has 0 aliphatic carbocycles. The molecule has 0 unspecified atom stereocenters. The van der Waals surface area contributed by atoms with Crippen LogP contribution in [0.1, 0.15) is 16.1 Å². The Hall–Kier alpha value is -2.14. The number of benzene rings is 1. The van der Waals surface area contributed by atoms with E-state index in [0.29, 0.717) is 17.1 Å². The molecule has 0 radical (unpaired) electrons. The first-order valence-corrected chi connectivity index (χ1v) is 5.63. The van der Waals surface area contributed by atoms with Crippen LogP contribution in [0.2, 0.25) is 5.02 Å². The molecule has 0 saturated heterocycles. The zero-order chi connectivity index (χ0) is 13.0. The van der Waals surface area contributed by atoms with E-state index < -0.39 is 5.91 Å². The van der Waals surface area contributed by atoms with E-state index in [1.165, 1.54) is 0 Å². The van der Waals surface area contributed by atoms with Gasteiger partial charge in [0.1, 0.15) is 0 Å². The van der Waals surface area contributed by atoms with Gasteiger partial charge in [-0.3, -0.25) is 14.8 Å². The van der Waals surface area contributed by atoms with Crippen LogP contribution in [0, 0.1) is 0 Å². The first-order valence-electron chi connectivity index (χ1n) is 5.25. The van der Waals surface area contributed by atoms with Crippen molar-refractivity contribution in [3.8, 4) is 0 Å². The second-order valence-corrected chi connectivity index (χ2v) is 4.02. The van der Waals surface area contributed by atoms with Gasteiger partial charge in [0, 0.05) is 18.1 Å². The number of hydrogen-bond acceptors (Lipinski definition) is 4. The third-order valence-electron chi connectivity index (χ3n) is 2.32. The van der Waals surface area contributed by atoms with E-state index in [4.69, 9.17) is 17.3 Å². The molecule has 6 heteroatoms. The quantitative estimate of drug-likeness (QED) is 0.881. The fraction of sp³-hybridized carbons (Fsp3) is 0.0833. The summed E-state index contributed by atoms with van der Waals surface area (Å²) in [6.07, 6.45) is 4.91. The summed E-state index contributed by atoms with van der Waals surface area (Å²) in [6.45, 7) is 0.528. The van der Waals surface area contributed by atoms with Crippen molar-refractivity contribution in [1.82, 2.24) is 9.97 Å². The zero-order valence-electron chi connectivity index (χ0n) is 9.43. The van der Waals surface area contributed by atoms with E-state index in [1.54, 1.807) is 36.8 Å². The van der Waals surface area contributed by atoms with Crippen molar-refractivity contribution >= 4 is 23.2 Å². The Kier molecular flexibility index (Phi) is 3.74. The molecule has 0 spiro atoms. The molecule has 0 aliphatic rings. The number of halogens is 1. The second-order valence-electron chi connectivity index (χ2n) is 3.61. The number of hydrogen-bond donors (Lipinski definition) is 2. The van der Waals surface area contributed by atoms with Crippen LogP contribution in [0.15, 0.2) is 36.8 Å². The molecule has 92 valence electrons. The Morgan fingerprint density at radius 1 is 1.39 bits per heavy atom. The number of aromatic nitrogens is 2. The van der Waals surface area contributed by atoms with Crippen molar-refractivity contribution in [2.24, 2.45) is 5.73 Å². The summed E-state index contributed by atoms with van der Waals surface area (Å²) in [5.74, 6) is -0.541. The number of carbonyl (C=O) groups is 1. The molecule has 0 bridgehead atoms. The van der Waals surface area contributed by atoms with E-state index in [-0.39, 0.29) is 0 Å². The van der Waals surface area contributed by atoms with E-state index in [1.807, 2.05) is 0 Å². The number of anilines is 1. The summed E-state index contributed by atoms with van der Waals surface area (Å²) in [7, 11) is 0. The maximum Gasteiger partial charge on any atom is 0.250 e. The van der Waals surface area contributed by atoms with Gasteiger partial charge in [0.05, 0.1) is 29.0 Å². The van der Waals surface area contributed by atoms with Gasteiger partial charge in [0.25, 0.3) is 0 Å². The Morgan fingerprint density at radius 2 is 2.22 bits per heavy atom. The van der Waals surface area contributed by atoms with Gasteiger partial charge in [-0.2, -0.15) is 0 Å². The monoisotopic (exact) mass is 262 g/mol. The van der Waals surface area contributed by atoms with Crippen LogP contribution in [-0.4, -0.2) is 15.9 Å². The summed E-state index contributed by atoms with van der Waals surface area (Å²) in [6, 6.07) is 4.98. The fourth-order valence-corrected chi connectivity index (χ4v) is 1.71. The molecule has 3 N–H and O–H groups in total. The minimum Gasteiger partial charge on any atom is -0.379 e. The number of amides is 1. The summed E-state index contributed by atoms with van der Waals surface area (Å²) in [5, 5.41) is 3.45. The average Bonchev–Trinajstić information content (AvgIpc) is 2.37. The van der Waals surface area contributed by atoms with E-state index in [0.717, 1.165) is 11.4 Å². The molecule has 1 amide bonds. The third kappa shape index (κ3) is 2.95. The number of rotatable bonds is 4. The van der Waals surface area contributed by atoms with Crippen LogP contribution >= 0.6 is 11.6 Å². The zero-order valence-corrected chi connectivity index (χ0v) is 10.2. The molecule has 1 aromatic carbocycles. The van der Waals surface area contributed by atoms with Crippen LogP contribution in [0.5, 0.6) is 0 Å². The molecular weight excluding hydrogens is 252 g/mol. The number of nitrogens with zero attached hydrogens (tertiary/aromatic N) is 2. The predicted octanol–water partition coefficient (Wildman–Crippen LogP) is 1.84. The molecule has 1 heterocycles. The highest BCUT2D eigenvalue weighted by Gasteiger charge is 2.06. The molecule has 0 aliphatic heterocycles. The van der Waals surface area contributed by atoms with Gasteiger partial charge in [-0.25, -0.2) is 0 Å². The topological polar surface area (TPSA) is 80.9 Å². The molecule has 1 aromatic heterocycles. The Morgan fingerprint density at radius 3 is 2.83 bits per heavy atom. The Labute approximate surface area is 109 Å². The van der Waals surface area contributed by atoms with Gasteiger partial charge in [-0.1, -0.05) is 11.6 Å². The Balaban J connectivity index is 2.07. The smallest absolute Gasteiger partial charge is 0.250 e. The lowest BCUT2D eigenvalue weighted by Crippen LogP contribution is -2.11. The molecule has 5 nitrogen and oxygen atoms in total. The maximum absolute atomic E-state index is 11.0. The fourth-order valence-electron chi connectivity index (χ4n) is 1.44. The van der Waals surface area contributed by atoms with Gasteiger partial charge in [0.15, 0.2) is 0 Å². The summed E-state index contributed by atoms with van der Waals surface area (Å²) in [4.78, 5) is 19.1. The lowest BCUT2D eigenvalue weighted by atomic mass is 10.2. The van der Waals surface area contributed by atoms with E-state index >= 15 is 0 Å². The molecule has 0 fully saturated rings. The van der Waals surface area contributed by atoms with Gasteiger partial charge < -0.3 is 11.1 Å². The largest absolute Gasteiger partial charge is 0.379 e. The van der Waals surface area contributed by atoms with Gasteiger partial charge in [-0.05, 0) is 18.2 Å². The normalized spacial score (nSPS) is 10.1. The van der Waals surface area contributed by atoms with Crippen molar-refractivity contribution in [3.05, 3.63) is 53.1 Å². The SMILES string of the molecule is NC(=O)c1ccc(NCc2cnccn2)cc1Cl. The highest BCUT2D eigenvalue weighted by atomic mass is 35.5. The third-order valence-corrected chi connectivity index (χ3v) is 2.64. The van der Waals surface area contributed by atoms with Gasteiger partial charge in [0.2, 0.25) is 5.91 Å². The number of primary amides is 1. The summed E-state index contributed by atoms with van der Waals surface area (Å²) < 4.78 is 0. The molecule has 2 aromatic rings. The van der Waals surface area contributed by atoms with Crippen molar-refractivity contribution in [3.63, 3.8) is 0 Å². The highest BCUT2D eigenvalue weighted by molar-refractivity contribution is 6.34. The highest BCUT2D eigenvalue weighted by Crippen LogP contribution is 2.20. The molecule has 0 saturated carbocycles. The second kappa shape index (κ2) is 5.46. The predicted molar refractivity (Wildman–Crippen MR) is 69.3 cm³/mol. The van der Waals surface area contributed by atoms with Crippen molar-refractivity contribution < 1.29 is 4.79 Å². The number of nitrogens with one attached hydrogen (secondary N) is 1. The van der Waals surface area contributed by atoms with E-state index in [9.17, 15) is 4.79 Å². The summed E-state index contributed by atoms with van der Waals surface area (Å²) >= 11 is 5.94. The molecule has 0 atom stereocenters. The maximum atomic E-state index is 11.0. The van der Waals surface area contributed by atoms with Crippen molar-refractivity contribution in [2.75, 3.05) is 5.32 Å². The first-order chi connectivity index (χ1) is 8.66. The van der Waals surface area contributed by atoms with Crippen LogP contribution < -0.4 is 11.1 Å². The number of carbonyl (C=O) groups excluding carboxylic acids is 1. The molecular formula is C12H11ClN4O. The standard InChI is InChI=1S/C12H11ClN4O/c13-11-5-8(1-2-10(11)12(14)18)17-7-9-6-15-3-4-16-9/h1-6,17H,7H2,(H2,14,18).